The van der Waals surface area contributed by atoms with E-state index in [1.165, 1.54) is 4.90 Å². The Morgan fingerprint density at radius 1 is 0.576 bits per heavy atom. The smallest absolute Gasteiger partial charge is 0.329 e. The van der Waals surface area contributed by atoms with Crippen LogP contribution in [-0.4, -0.2) is 81.8 Å². The number of hydrogen-bond acceptors (Lipinski definition) is 9. The van der Waals surface area contributed by atoms with Crippen LogP contribution < -0.4 is 10.1 Å². The normalized spacial score (nSPS) is 13.2. The Morgan fingerprint density at radius 2 is 1.07 bits per heavy atom. The van der Waals surface area contributed by atoms with Crippen LogP contribution in [0.25, 0.3) is 0 Å². The lowest BCUT2D eigenvalue weighted by atomic mass is 10.0. The third kappa shape index (κ3) is 20.1. The van der Waals surface area contributed by atoms with E-state index in [0.717, 1.165) is 16.7 Å². The Hall–Kier alpha value is -4.90. The van der Waals surface area contributed by atoms with Crippen molar-refractivity contribution in [3.8, 4) is 5.75 Å². The SMILES string of the molecule is CC(C)(C)OC(=O)CCCN(C[C@@H](CN(Cc1ccccc1)Cc1ccccc1)C(=O)OC(C)(C)C)C(=O)N[C@@H](Cc1ccc(OC(C)(C)C)cc1)C(=O)OC(C)(C)C. The van der Waals surface area contributed by atoms with E-state index in [9.17, 15) is 19.2 Å². The van der Waals surface area contributed by atoms with Crippen molar-refractivity contribution >= 4 is 23.9 Å². The minimum atomic E-state index is -1.07. The molecule has 11 heteroatoms. The number of hydrogen-bond donors (Lipinski definition) is 1. The molecule has 3 aromatic carbocycles. The number of carbonyl (C=O) groups excluding carboxylic acids is 4. The van der Waals surface area contributed by atoms with E-state index in [1.807, 2.05) is 126 Å². The Balaban J connectivity index is 2.01. The van der Waals surface area contributed by atoms with Crippen LogP contribution in [0.4, 0.5) is 4.79 Å². The number of rotatable bonds is 18. The highest BCUT2D eigenvalue weighted by molar-refractivity contribution is 5.84. The molecule has 0 radical (unpaired) electrons. The maximum atomic E-state index is 14.5. The molecule has 2 amide bonds. The molecular formula is C48H69N3O8. The van der Waals surface area contributed by atoms with Crippen LogP contribution >= 0.6 is 0 Å². The van der Waals surface area contributed by atoms with Crippen LogP contribution in [0, 0.1) is 5.92 Å². The number of amides is 2. The molecule has 2 atom stereocenters. The molecule has 0 aliphatic heterocycles. The predicted molar refractivity (Wildman–Crippen MR) is 232 cm³/mol. The molecule has 0 spiro atoms. The van der Waals surface area contributed by atoms with Crippen LogP contribution in [0.5, 0.6) is 5.75 Å². The lowest BCUT2D eigenvalue weighted by Gasteiger charge is -2.33. The lowest BCUT2D eigenvalue weighted by molar-refractivity contribution is -0.162. The van der Waals surface area contributed by atoms with E-state index in [0.29, 0.717) is 18.8 Å². The zero-order valence-electron chi connectivity index (χ0n) is 37.6. The van der Waals surface area contributed by atoms with Crippen LogP contribution in [0.3, 0.4) is 0 Å². The first-order chi connectivity index (χ1) is 27.3. The molecule has 0 aromatic heterocycles. The summed E-state index contributed by atoms with van der Waals surface area (Å²) in [7, 11) is 0. The summed E-state index contributed by atoms with van der Waals surface area (Å²) in [5, 5.41) is 2.94. The van der Waals surface area contributed by atoms with Gasteiger partial charge in [-0.05, 0) is 118 Å². The van der Waals surface area contributed by atoms with Gasteiger partial charge in [0.15, 0.2) is 0 Å². The molecule has 0 fully saturated rings. The fourth-order valence-corrected chi connectivity index (χ4v) is 6.21. The van der Waals surface area contributed by atoms with Gasteiger partial charge in [0.25, 0.3) is 0 Å². The highest BCUT2D eigenvalue weighted by Crippen LogP contribution is 2.22. The topological polar surface area (TPSA) is 124 Å². The minimum absolute atomic E-state index is 0.0464. The molecule has 0 unspecified atom stereocenters. The van der Waals surface area contributed by atoms with Crippen molar-refractivity contribution < 1.29 is 38.1 Å². The van der Waals surface area contributed by atoms with Crippen LogP contribution in [0.15, 0.2) is 84.9 Å². The summed E-state index contributed by atoms with van der Waals surface area (Å²) >= 11 is 0. The standard InChI is InChI=1S/C48H69N3O8/c1-45(2,3)56-39-27-25-35(26-28-39)30-40(43(54)59-48(10,11)12)49-44(55)51(29-19-24-41(52)57-46(4,5)6)34-38(42(53)58-47(7,8)9)33-50(31-36-20-15-13-16-21-36)32-37-22-17-14-18-23-37/h13-18,20-23,25-28,38,40H,19,24,29-34H2,1-12H3,(H,49,55)/t38-,40+/m1/s1. The number of benzene rings is 3. The van der Waals surface area contributed by atoms with Crippen molar-refractivity contribution in [3.63, 3.8) is 0 Å². The van der Waals surface area contributed by atoms with Crippen molar-refractivity contribution in [1.82, 2.24) is 15.1 Å². The molecule has 3 rings (SSSR count). The van der Waals surface area contributed by atoms with Crippen molar-refractivity contribution in [2.75, 3.05) is 19.6 Å². The molecule has 0 heterocycles. The van der Waals surface area contributed by atoms with Gasteiger partial charge in [-0.3, -0.25) is 14.5 Å². The summed E-state index contributed by atoms with van der Waals surface area (Å²) in [6.45, 7) is 23.4. The third-order valence-corrected chi connectivity index (χ3v) is 8.45. The fourth-order valence-electron chi connectivity index (χ4n) is 6.21. The number of carbonyl (C=O) groups is 4. The van der Waals surface area contributed by atoms with Crippen molar-refractivity contribution in [3.05, 3.63) is 102 Å². The second-order valence-electron chi connectivity index (χ2n) is 19.1. The first-order valence-electron chi connectivity index (χ1n) is 20.7. The quantitative estimate of drug-likeness (QED) is 0.0991. The molecule has 3 aromatic rings. The molecule has 0 aliphatic carbocycles. The molecular weight excluding hydrogens is 747 g/mol. The van der Waals surface area contributed by atoms with E-state index >= 15 is 0 Å². The van der Waals surface area contributed by atoms with Crippen LogP contribution in [-0.2, 0) is 48.1 Å². The van der Waals surface area contributed by atoms with Crippen molar-refractivity contribution in [2.24, 2.45) is 5.92 Å². The molecule has 324 valence electrons. The predicted octanol–water partition coefficient (Wildman–Crippen LogP) is 8.91. The molecule has 1 N–H and O–H groups in total. The molecule has 59 heavy (non-hydrogen) atoms. The maximum Gasteiger partial charge on any atom is 0.329 e. The number of ether oxygens (including phenoxy) is 4. The van der Waals surface area contributed by atoms with Gasteiger partial charge < -0.3 is 29.2 Å². The fraction of sp³-hybridized carbons (Fsp3) is 0.542. The van der Waals surface area contributed by atoms with Gasteiger partial charge in [-0.1, -0.05) is 72.8 Å². The maximum absolute atomic E-state index is 14.5. The Kier molecular flexibility index (Phi) is 17.6. The first-order valence-corrected chi connectivity index (χ1v) is 20.7. The van der Waals surface area contributed by atoms with Gasteiger partial charge in [-0.25, -0.2) is 9.59 Å². The van der Waals surface area contributed by atoms with Crippen molar-refractivity contribution in [1.29, 1.82) is 0 Å². The summed E-state index contributed by atoms with van der Waals surface area (Å²) in [6, 6.07) is 25.7. The Bertz CT molecular complexity index is 1730. The van der Waals surface area contributed by atoms with Crippen molar-refractivity contribution in [2.45, 2.75) is 144 Å². The van der Waals surface area contributed by atoms with E-state index in [-0.39, 0.29) is 38.9 Å². The summed E-state index contributed by atoms with van der Waals surface area (Å²) in [6.07, 6.45) is 0.442. The van der Waals surface area contributed by atoms with Crippen LogP contribution in [0.1, 0.15) is 113 Å². The lowest BCUT2D eigenvalue weighted by Crippen LogP contribution is -2.53. The highest BCUT2D eigenvalue weighted by Gasteiger charge is 2.34. The Morgan fingerprint density at radius 3 is 1.54 bits per heavy atom. The molecule has 0 aliphatic rings. The number of urea groups is 1. The van der Waals surface area contributed by atoms with Gasteiger partial charge in [0, 0.05) is 45.6 Å². The second kappa shape index (κ2) is 21.4. The third-order valence-electron chi connectivity index (χ3n) is 8.45. The van der Waals surface area contributed by atoms with Gasteiger partial charge in [-0.2, -0.15) is 0 Å². The highest BCUT2D eigenvalue weighted by atomic mass is 16.6. The average Bonchev–Trinajstić information content (AvgIpc) is 3.09. The molecule has 11 nitrogen and oxygen atoms in total. The van der Waals surface area contributed by atoms with Gasteiger partial charge >= 0.3 is 23.9 Å². The zero-order valence-corrected chi connectivity index (χ0v) is 37.6. The molecule has 0 bridgehead atoms. The van der Waals surface area contributed by atoms with Gasteiger partial charge in [0.2, 0.25) is 0 Å². The monoisotopic (exact) mass is 816 g/mol. The summed E-state index contributed by atoms with van der Waals surface area (Å²) in [4.78, 5) is 59.0. The van der Waals surface area contributed by atoms with E-state index in [2.05, 4.69) is 10.2 Å². The summed E-state index contributed by atoms with van der Waals surface area (Å²) in [5.74, 6) is -1.59. The van der Waals surface area contributed by atoms with Crippen LogP contribution in [0.2, 0.25) is 0 Å². The largest absolute Gasteiger partial charge is 0.488 e. The zero-order chi connectivity index (χ0) is 44.0. The van der Waals surface area contributed by atoms with E-state index < -0.39 is 58.3 Å². The van der Waals surface area contributed by atoms with Gasteiger partial charge in [0.1, 0.15) is 34.2 Å². The van der Waals surface area contributed by atoms with Gasteiger partial charge in [-0.15, -0.1) is 0 Å². The average molecular weight is 816 g/mol. The summed E-state index contributed by atoms with van der Waals surface area (Å²) in [5.41, 5.74) is 0.238. The second-order valence-corrected chi connectivity index (χ2v) is 19.1. The minimum Gasteiger partial charge on any atom is -0.488 e. The number of nitrogens with zero attached hydrogens (tertiary/aromatic N) is 2. The van der Waals surface area contributed by atoms with Gasteiger partial charge in [0.05, 0.1) is 5.92 Å². The number of nitrogens with one attached hydrogen (secondary N) is 1. The Labute approximate surface area is 353 Å². The molecule has 0 saturated heterocycles. The van der Waals surface area contributed by atoms with E-state index in [4.69, 9.17) is 18.9 Å². The number of esters is 3. The molecule has 0 saturated carbocycles. The van der Waals surface area contributed by atoms with E-state index in [1.54, 1.807) is 41.5 Å². The summed E-state index contributed by atoms with van der Waals surface area (Å²) < 4.78 is 23.3. The first kappa shape index (κ1) is 48.5.